The van der Waals surface area contributed by atoms with Gasteiger partial charge in [0.15, 0.2) is 0 Å². The van der Waals surface area contributed by atoms with Crippen LogP contribution >= 0.6 is 0 Å². The fourth-order valence-electron chi connectivity index (χ4n) is 3.89. The molecule has 22 heavy (non-hydrogen) atoms. The summed E-state index contributed by atoms with van der Waals surface area (Å²) < 4.78 is 5.21. The van der Waals surface area contributed by atoms with E-state index in [4.69, 9.17) is 4.52 Å². The summed E-state index contributed by atoms with van der Waals surface area (Å²) in [5.41, 5.74) is 1.84. The lowest BCUT2D eigenvalue weighted by molar-refractivity contribution is -0.134. The Hall–Kier alpha value is -1.32. The van der Waals surface area contributed by atoms with Crippen molar-refractivity contribution < 1.29 is 9.32 Å². The minimum absolute atomic E-state index is 0.275. The third kappa shape index (κ3) is 3.21. The van der Waals surface area contributed by atoms with Gasteiger partial charge in [-0.25, -0.2) is 0 Å². The largest absolute Gasteiger partial charge is 0.361 e. The lowest BCUT2D eigenvalue weighted by atomic mass is 9.83. The second-order valence-corrected chi connectivity index (χ2v) is 7.09. The molecule has 0 bridgehead atoms. The molecule has 0 atom stereocenters. The van der Waals surface area contributed by atoms with Crippen LogP contribution in [0.5, 0.6) is 0 Å². The molecule has 2 aliphatic carbocycles. The average Bonchev–Trinajstić information content (AvgIpc) is 3.30. The Bertz CT molecular complexity index is 506. The first-order chi connectivity index (χ1) is 10.6. The highest BCUT2D eigenvalue weighted by Gasteiger charge is 2.38. The highest BCUT2D eigenvalue weighted by molar-refractivity contribution is 5.80. The molecule has 0 spiro atoms. The van der Waals surface area contributed by atoms with Crippen molar-refractivity contribution >= 4 is 5.91 Å². The summed E-state index contributed by atoms with van der Waals surface area (Å²) in [6.07, 6.45) is 9.02. The van der Waals surface area contributed by atoms with E-state index in [-0.39, 0.29) is 5.91 Å². The van der Waals surface area contributed by atoms with Gasteiger partial charge < -0.3 is 9.42 Å². The summed E-state index contributed by atoms with van der Waals surface area (Å²) in [7, 11) is 0. The maximum atomic E-state index is 12.9. The molecule has 1 aromatic heterocycles. The van der Waals surface area contributed by atoms with Crippen LogP contribution in [0.2, 0.25) is 0 Å². The van der Waals surface area contributed by atoms with E-state index < -0.39 is 0 Å². The van der Waals surface area contributed by atoms with Crippen LogP contribution in [0.4, 0.5) is 0 Å². The Balaban J connectivity index is 1.68. The van der Waals surface area contributed by atoms with Crippen molar-refractivity contribution in [3.8, 4) is 0 Å². The van der Waals surface area contributed by atoms with Crippen LogP contribution in [-0.2, 0) is 11.2 Å². The topological polar surface area (TPSA) is 46.3 Å². The summed E-state index contributed by atoms with van der Waals surface area (Å²) >= 11 is 0. The SMILES string of the molecule is CCC1CCC(N(C(=O)Cc2c(C)noc2C)C2CC2)CC1. The summed E-state index contributed by atoms with van der Waals surface area (Å²) in [5, 5.41) is 3.98. The van der Waals surface area contributed by atoms with Gasteiger partial charge >= 0.3 is 0 Å². The maximum absolute atomic E-state index is 12.9. The highest BCUT2D eigenvalue weighted by atomic mass is 16.5. The molecule has 0 N–H and O–H groups in total. The van der Waals surface area contributed by atoms with Gasteiger partial charge in [0.1, 0.15) is 5.76 Å². The van der Waals surface area contributed by atoms with Crippen LogP contribution in [-0.4, -0.2) is 28.0 Å². The van der Waals surface area contributed by atoms with E-state index in [9.17, 15) is 4.79 Å². The molecule has 122 valence electrons. The molecule has 4 nitrogen and oxygen atoms in total. The van der Waals surface area contributed by atoms with E-state index in [0.29, 0.717) is 18.5 Å². The van der Waals surface area contributed by atoms with Gasteiger partial charge in [0.05, 0.1) is 12.1 Å². The molecule has 3 rings (SSSR count). The minimum Gasteiger partial charge on any atom is -0.361 e. The zero-order valence-corrected chi connectivity index (χ0v) is 14.1. The van der Waals surface area contributed by atoms with E-state index in [0.717, 1.165) is 22.9 Å². The molecule has 2 saturated carbocycles. The predicted molar refractivity (Wildman–Crippen MR) is 85.6 cm³/mol. The monoisotopic (exact) mass is 304 g/mol. The number of aromatic nitrogens is 1. The van der Waals surface area contributed by atoms with E-state index in [1.54, 1.807) is 0 Å². The van der Waals surface area contributed by atoms with E-state index in [2.05, 4.69) is 17.0 Å². The fourth-order valence-corrected chi connectivity index (χ4v) is 3.89. The number of nitrogens with zero attached hydrogens (tertiary/aromatic N) is 2. The molecule has 2 fully saturated rings. The van der Waals surface area contributed by atoms with Crippen LogP contribution in [0.1, 0.15) is 68.9 Å². The van der Waals surface area contributed by atoms with Gasteiger partial charge in [-0.05, 0) is 58.3 Å². The van der Waals surface area contributed by atoms with Crippen molar-refractivity contribution in [1.82, 2.24) is 10.1 Å². The van der Waals surface area contributed by atoms with E-state index >= 15 is 0 Å². The number of aryl methyl sites for hydroxylation is 2. The van der Waals surface area contributed by atoms with Crippen molar-refractivity contribution in [3.05, 3.63) is 17.0 Å². The Morgan fingerprint density at radius 2 is 1.73 bits per heavy atom. The van der Waals surface area contributed by atoms with Crippen LogP contribution < -0.4 is 0 Å². The van der Waals surface area contributed by atoms with Crippen molar-refractivity contribution in [1.29, 1.82) is 0 Å². The number of carbonyl (C=O) groups excluding carboxylic acids is 1. The average molecular weight is 304 g/mol. The lowest BCUT2D eigenvalue weighted by Crippen LogP contribution is -2.44. The molecule has 1 heterocycles. The van der Waals surface area contributed by atoms with Gasteiger partial charge in [-0.15, -0.1) is 0 Å². The molecule has 1 amide bonds. The number of carbonyl (C=O) groups is 1. The predicted octanol–water partition coefficient (Wildman–Crippen LogP) is 3.79. The number of rotatable bonds is 5. The van der Waals surface area contributed by atoms with Crippen LogP contribution in [0.3, 0.4) is 0 Å². The first-order valence-electron chi connectivity index (χ1n) is 8.83. The Morgan fingerprint density at radius 1 is 1.14 bits per heavy atom. The summed E-state index contributed by atoms with van der Waals surface area (Å²) in [6, 6.07) is 0.958. The molecular weight excluding hydrogens is 276 g/mol. The number of hydrogen-bond acceptors (Lipinski definition) is 3. The molecule has 0 radical (unpaired) electrons. The Kier molecular flexibility index (Phi) is 4.55. The molecule has 2 aliphatic rings. The van der Waals surface area contributed by atoms with Gasteiger partial charge in [0.25, 0.3) is 0 Å². The minimum atomic E-state index is 0.275. The molecule has 0 saturated heterocycles. The standard InChI is InChI=1S/C18H28N2O2/c1-4-14-5-7-15(8-6-14)20(16-9-10-16)18(21)11-17-12(2)19-22-13(17)3/h14-16H,4-11H2,1-3H3. The van der Waals surface area contributed by atoms with Gasteiger partial charge in [-0.3, -0.25) is 4.79 Å². The number of hydrogen-bond donors (Lipinski definition) is 0. The van der Waals surface area contributed by atoms with Crippen molar-refractivity contribution in [3.63, 3.8) is 0 Å². The summed E-state index contributed by atoms with van der Waals surface area (Å²) in [6.45, 7) is 6.11. The van der Waals surface area contributed by atoms with Gasteiger partial charge in [0, 0.05) is 17.6 Å². The van der Waals surface area contributed by atoms with Crippen molar-refractivity contribution in [2.45, 2.75) is 84.2 Å². The Morgan fingerprint density at radius 3 is 2.18 bits per heavy atom. The highest BCUT2D eigenvalue weighted by Crippen LogP contribution is 2.36. The van der Waals surface area contributed by atoms with Crippen molar-refractivity contribution in [2.75, 3.05) is 0 Å². The van der Waals surface area contributed by atoms with Gasteiger partial charge in [-0.2, -0.15) is 0 Å². The third-order valence-electron chi connectivity index (χ3n) is 5.52. The van der Waals surface area contributed by atoms with Gasteiger partial charge in [0.2, 0.25) is 5.91 Å². The quantitative estimate of drug-likeness (QED) is 0.831. The van der Waals surface area contributed by atoms with Crippen LogP contribution in [0.25, 0.3) is 0 Å². The molecular formula is C18H28N2O2. The first-order valence-corrected chi connectivity index (χ1v) is 8.83. The summed E-state index contributed by atoms with van der Waals surface area (Å²) in [4.78, 5) is 15.1. The second kappa shape index (κ2) is 6.43. The zero-order chi connectivity index (χ0) is 15.7. The van der Waals surface area contributed by atoms with Crippen LogP contribution in [0, 0.1) is 19.8 Å². The molecule has 1 aromatic rings. The van der Waals surface area contributed by atoms with Gasteiger partial charge in [-0.1, -0.05) is 18.5 Å². The summed E-state index contributed by atoms with van der Waals surface area (Å²) in [5.74, 6) is 1.93. The molecule has 0 aromatic carbocycles. The Labute approximate surface area is 133 Å². The van der Waals surface area contributed by atoms with Crippen LogP contribution in [0.15, 0.2) is 4.52 Å². The lowest BCUT2D eigenvalue weighted by Gasteiger charge is -2.37. The van der Waals surface area contributed by atoms with Crippen molar-refractivity contribution in [2.24, 2.45) is 5.92 Å². The molecule has 0 unspecified atom stereocenters. The smallest absolute Gasteiger partial charge is 0.227 e. The maximum Gasteiger partial charge on any atom is 0.227 e. The molecule has 4 heteroatoms. The van der Waals surface area contributed by atoms with E-state index in [1.807, 2.05) is 13.8 Å². The fraction of sp³-hybridized carbons (Fsp3) is 0.778. The zero-order valence-electron chi connectivity index (χ0n) is 14.1. The first kappa shape index (κ1) is 15.6. The van der Waals surface area contributed by atoms with E-state index in [1.165, 1.54) is 44.9 Å². The third-order valence-corrected chi connectivity index (χ3v) is 5.52. The normalized spacial score (nSPS) is 25.2. The molecule has 0 aliphatic heterocycles. The second-order valence-electron chi connectivity index (χ2n) is 7.09. The number of amides is 1.